The fourth-order valence-corrected chi connectivity index (χ4v) is 2.21. The van der Waals surface area contributed by atoms with Crippen molar-refractivity contribution in [1.29, 1.82) is 0 Å². The summed E-state index contributed by atoms with van der Waals surface area (Å²) >= 11 is 0. The minimum absolute atomic E-state index is 0.335. The number of unbranched alkanes of at least 4 members (excludes halogenated alkanes) is 1. The minimum atomic E-state index is -0.335. The maximum Gasteiger partial charge on any atom is 0.0793 e. The van der Waals surface area contributed by atoms with Gasteiger partial charge < -0.3 is 5.11 Å². The summed E-state index contributed by atoms with van der Waals surface area (Å²) in [5.74, 6) is 0.637. The van der Waals surface area contributed by atoms with Gasteiger partial charge in [0.25, 0.3) is 0 Å². The predicted octanol–water partition coefficient (Wildman–Crippen LogP) is 4.03. The van der Waals surface area contributed by atoms with Crippen molar-refractivity contribution in [2.75, 3.05) is 0 Å². The van der Waals surface area contributed by atoms with Crippen LogP contribution in [-0.4, -0.2) is 10.1 Å². The molecule has 2 nitrogen and oxygen atoms in total. The van der Waals surface area contributed by atoms with Crippen molar-refractivity contribution in [3.63, 3.8) is 0 Å². The van der Waals surface area contributed by atoms with Crippen LogP contribution in [0.25, 0.3) is 0 Å². The Kier molecular flexibility index (Phi) is 6.20. The van der Waals surface area contributed by atoms with E-state index in [4.69, 9.17) is 0 Å². The Hall–Kier alpha value is -0.890. The van der Waals surface area contributed by atoms with Crippen LogP contribution in [0.5, 0.6) is 0 Å². The second kappa shape index (κ2) is 7.44. The van der Waals surface area contributed by atoms with Gasteiger partial charge in [0.1, 0.15) is 0 Å². The molecule has 0 amide bonds. The van der Waals surface area contributed by atoms with E-state index in [1.807, 2.05) is 19.1 Å². The van der Waals surface area contributed by atoms with Crippen molar-refractivity contribution in [3.8, 4) is 0 Å². The summed E-state index contributed by atoms with van der Waals surface area (Å²) in [5, 5.41) is 10.2. The van der Waals surface area contributed by atoms with E-state index >= 15 is 0 Å². The number of aliphatic hydroxyl groups is 1. The molecule has 96 valence electrons. The van der Waals surface area contributed by atoms with E-state index in [0.717, 1.165) is 24.1 Å². The molecule has 0 saturated carbocycles. The summed E-state index contributed by atoms with van der Waals surface area (Å²) in [6.45, 7) is 6.39. The molecule has 2 atom stereocenters. The first-order valence-electron chi connectivity index (χ1n) is 6.78. The first kappa shape index (κ1) is 14.2. The molecule has 1 N–H and O–H groups in total. The van der Waals surface area contributed by atoms with Crippen LogP contribution in [0.4, 0.5) is 0 Å². The van der Waals surface area contributed by atoms with Crippen molar-refractivity contribution in [2.24, 2.45) is 5.92 Å². The zero-order valence-corrected chi connectivity index (χ0v) is 11.3. The molecule has 2 heteroatoms. The molecule has 1 aromatic rings. The normalized spacial score (nSPS) is 14.6. The number of aryl methyl sites for hydroxylation is 1. The summed E-state index contributed by atoms with van der Waals surface area (Å²) in [4.78, 5) is 4.16. The molecule has 0 saturated heterocycles. The lowest BCUT2D eigenvalue weighted by Gasteiger charge is -2.19. The SMILES string of the molecule is CCCCC(CC)CC(O)c1ccnc(C)c1. The van der Waals surface area contributed by atoms with Crippen molar-refractivity contribution in [3.05, 3.63) is 29.6 Å². The summed E-state index contributed by atoms with van der Waals surface area (Å²) in [6, 6.07) is 3.90. The molecular weight excluding hydrogens is 210 g/mol. The van der Waals surface area contributed by atoms with Crippen molar-refractivity contribution in [2.45, 2.75) is 59.0 Å². The van der Waals surface area contributed by atoms with Crippen LogP contribution in [0, 0.1) is 12.8 Å². The second-order valence-electron chi connectivity index (χ2n) is 4.90. The minimum Gasteiger partial charge on any atom is -0.388 e. The molecule has 0 bridgehead atoms. The fraction of sp³-hybridized carbons (Fsp3) is 0.667. The highest BCUT2D eigenvalue weighted by atomic mass is 16.3. The number of hydrogen-bond acceptors (Lipinski definition) is 2. The molecule has 0 aromatic carbocycles. The summed E-state index contributed by atoms with van der Waals surface area (Å²) in [7, 11) is 0. The Balaban J connectivity index is 2.54. The molecule has 1 rings (SSSR count). The van der Waals surface area contributed by atoms with Crippen LogP contribution in [-0.2, 0) is 0 Å². The van der Waals surface area contributed by atoms with Gasteiger partial charge in [0.15, 0.2) is 0 Å². The van der Waals surface area contributed by atoms with Gasteiger partial charge in [-0.25, -0.2) is 0 Å². The zero-order valence-electron chi connectivity index (χ0n) is 11.3. The average molecular weight is 235 g/mol. The van der Waals surface area contributed by atoms with E-state index in [0.29, 0.717) is 5.92 Å². The summed E-state index contributed by atoms with van der Waals surface area (Å²) < 4.78 is 0. The monoisotopic (exact) mass is 235 g/mol. The Bertz CT molecular complexity index is 324. The highest BCUT2D eigenvalue weighted by Gasteiger charge is 2.14. The maximum absolute atomic E-state index is 10.2. The van der Waals surface area contributed by atoms with Crippen LogP contribution in [0.3, 0.4) is 0 Å². The van der Waals surface area contributed by atoms with Gasteiger partial charge in [-0.1, -0.05) is 39.5 Å². The van der Waals surface area contributed by atoms with Crippen molar-refractivity contribution >= 4 is 0 Å². The highest BCUT2D eigenvalue weighted by Crippen LogP contribution is 2.26. The lowest BCUT2D eigenvalue weighted by atomic mass is 9.91. The zero-order chi connectivity index (χ0) is 12.7. The molecule has 0 spiro atoms. The smallest absolute Gasteiger partial charge is 0.0793 e. The van der Waals surface area contributed by atoms with Gasteiger partial charge in [-0.05, 0) is 37.0 Å². The van der Waals surface area contributed by atoms with E-state index < -0.39 is 0 Å². The van der Waals surface area contributed by atoms with Crippen LogP contribution in [0.1, 0.15) is 63.3 Å². The molecule has 17 heavy (non-hydrogen) atoms. The molecular formula is C15H25NO. The molecule has 1 aromatic heterocycles. The molecule has 0 fully saturated rings. The number of aromatic nitrogens is 1. The van der Waals surface area contributed by atoms with Crippen molar-refractivity contribution < 1.29 is 5.11 Å². The number of hydrogen-bond donors (Lipinski definition) is 1. The van der Waals surface area contributed by atoms with Gasteiger partial charge in [-0.2, -0.15) is 0 Å². The Morgan fingerprint density at radius 2 is 2.12 bits per heavy atom. The number of aliphatic hydroxyl groups excluding tert-OH is 1. The third-order valence-corrected chi connectivity index (χ3v) is 3.41. The van der Waals surface area contributed by atoms with Gasteiger partial charge in [-0.15, -0.1) is 0 Å². The molecule has 0 aliphatic carbocycles. The first-order chi connectivity index (χ1) is 8.17. The number of pyridine rings is 1. The molecule has 1 heterocycles. The standard InChI is InChI=1S/C15H25NO/c1-4-6-7-13(5-2)11-15(17)14-8-9-16-12(3)10-14/h8-10,13,15,17H,4-7,11H2,1-3H3. The molecule has 0 radical (unpaired) electrons. The Morgan fingerprint density at radius 3 is 2.71 bits per heavy atom. The van der Waals surface area contributed by atoms with E-state index in [1.165, 1.54) is 19.3 Å². The predicted molar refractivity (Wildman–Crippen MR) is 71.9 cm³/mol. The average Bonchev–Trinajstić information content (AvgIpc) is 2.34. The molecule has 2 unspecified atom stereocenters. The van der Waals surface area contributed by atoms with E-state index in [9.17, 15) is 5.11 Å². The lowest BCUT2D eigenvalue weighted by Crippen LogP contribution is -2.07. The quantitative estimate of drug-likeness (QED) is 0.774. The Labute approximate surface area is 105 Å². The van der Waals surface area contributed by atoms with Crippen LogP contribution in [0.15, 0.2) is 18.3 Å². The van der Waals surface area contributed by atoms with Gasteiger partial charge in [0, 0.05) is 11.9 Å². The van der Waals surface area contributed by atoms with Gasteiger partial charge in [-0.3, -0.25) is 4.98 Å². The van der Waals surface area contributed by atoms with E-state index in [2.05, 4.69) is 18.8 Å². The Morgan fingerprint density at radius 1 is 1.35 bits per heavy atom. The van der Waals surface area contributed by atoms with Crippen LogP contribution >= 0.6 is 0 Å². The third kappa shape index (κ3) is 4.86. The first-order valence-corrected chi connectivity index (χ1v) is 6.78. The van der Waals surface area contributed by atoms with E-state index in [1.54, 1.807) is 6.20 Å². The van der Waals surface area contributed by atoms with E-state index in [-0.39, 0.29) is 6.10 Å². The third-order valence-electron chi connectivity index (χ3n) is 3.41. The summed E-state index contributed by atoms with van der Waals surface area (Å²) in [5.41, 5.74) is 1.98. The fourth-order valence-electron chi connectivity index (χ4n) is 2.21. The maximum atomic E-state index is 10.2. The van der Waals surface area contributed by atoms with Gasteiger partial charge >= 0.3 is 0 Å². The highest BCUT2D eigenvalue weighted by molar-refractivity contribution is 5.17. The second-order valence-corrected chi connectivity index (χ2v) is 4.90. The molecule has 0 aliphatic rings. The van der Waals surface area contributed by atoms with Crippen LogP contribution in [0.2, 0.25) is 0 Å². The van der Waals surface area contributed by atoms with Gasteiger partial charge in [0.2, 0.25) is 0 Å². The van der Waals surface area contributed by atoms with Crippen molar-refractivity contribution in [1.82, 2.24) is 4.98 Å². The number of rotatable bonds is 7. The molecule has 0 aliphatic heterocycles. The lowest BCUT2D eigenvalue weighted by molar-refractivity contribution is 0.139. The van der Waals surface area contributed by atoms with Gasteiger partial charge in [0.05, 0.1) is 6.10 Å². The topological polar surface area (TPSA) is 33.1 Å². The largest absolute Gasteiger partial charge is 0.388 e. The van der Waals surface area contributed by atoms with Crippen LogP contribution < -0.4 is 0 Å². The summed E-state index contributed by atoms with van der Waals surface area (Å²) in [6.07, 6.45) is 7.20. The number of nitrogens with zero attached hydrogens (tertiary/aromatic N) is 1.